The molecule has 0 aromatic heterocycles. The molecule has 104 valence electrons. The summed E-state index contributed by atoms with van der Waals surface area (Å²) in [5.41, 5.74) is 0.799. The summed E-state index contributed by atoms with van der Waals surface area (Å²) in [7, 11) is 0. The highest BCUT2D eigenvalue weighted by atomic mass is 16.6. The predicted octanol–water partition coefficient (Wildman–Crippen LogP) is 2.63. The molecule has 20 heavy (non-hydrogen) atoms. The standard InChI is InChI=1S/C14H14N2O4/c1-3-11-6-5-10(8-13(11)16(18)19)7-12(9-15)14(17)20-4-2/h5-8H,3-4H2,1-2H3/b12-7+. The number of nitrogens with zero attached hydrogens (tertiary/aromatic N) is 2. The van der Waals surface area contributed by atoms with Gasteiger partial charge in [-0.25, -0.2) is 4.79 Å². The number of benzene rings is 1. The lowest BCUT2D eigenvalue weighted by atomic mass is 10.1. The second-order valence-electron chi connectivity index (χ2n) is 3.89. The van der Waals surface area contributed by atoms with Crippen LogP contribution in [-0.4, -0.2) is 17.5 Å². The van der Waals surface area contributed by atoms with Crippen LogP contribution in [0, 0.1) is 21.4 Å². The summed E-state index contributed by atoms with van der Waals surface area (Å²) in [5, 5.41) is 19.9. The molecule has 0 unspecified atom stereocenters. The molecule has 0 saturated carbocycles. The van der Waals surface area contributed by atoms with Crippen molar-refractivity contribution in [2.75, 3.05) is 6.61 Å². The third-order valence-electron chi connectivity index (χ3n) is 2.61. The van der Waals surface area contributed by atoms with Gasteiger partial charge in [-0.15, -0.1) is 0 Å². The van der Waals surface area contributed by atoms with E-state index in [-0.39, 0.29) is 17.9 Å². The summed E-state index contributed by atoms with van der Waals surface area (Å²) in [4.78, 5) is 21.9. The topological polar surface area (TPSA) is 93.2 Å². The second-order valence-corrected chi connectivity index (χ2v) is 3.89. The van der Waals surface area contributed by atoms with Crippen LogP contribution >= 0.6 is 0 Å². The Kier molecular flexibility index (Phi) is 5.42. The highest BCUT2D eigenvalue weighted by Crippen LogP contribution is 2.22. The predicted molar refractivity (Wildman–Crippen MR) is 72.7 cm³/mol. The SMILES string of the molecule is CCOC(=O)/C(C#N)=C/c1ccc(CC)c([N+](=O)[O-])c1. The first-order valence-electron chi connectivity index (χ1n) is 6.09. The molecule has 0 radical (unpaired) electrons. The maximum atomic E-state index is 11.5. The maximum Gasteiger partial charge on any atom is 0.348 e. The van der Waals surface area contributed by atoms with E-state index in [4.69, 9.17) is 10.00 Å². The van der Waals surface area contributed by atoms with Gasteiger partial charge >= 0.3 is 5.97 Å². The minimum atomic E-state index is -0.739. The van der Waals surface area contributed by atoms with Gasteiger partial charge in [0.1, 0.15) is 11.6 Å². The Morgan fingerprint density at radius 3 is 2.70 bits per heavy atom. The zero-order valence-corrected chi connectivity index (χ0v) is 11.3. The lowest BCUT2D eigenvalue weighted by Crippen LogP contribution is -2.06. The molecule has 1 aromatic rings. The molecule has 0 amide bonds. The molecule has 0 atom stereocenters. The number of carbonyl (C=O) groups excluding carboxylic acids is 1. The Labute approximate surface area is 116 Å². The molecule has 0 aliphatic carbocycles. The smallest absolute Gasteiger partial charge is 0.348 e. The van der Waals surface area contributed by atoms with Gasteiger partial charge in [0.05, 0.1) is 11.5 Å². The summed E-state index contributed by atoms with van der Waals surface area (Å²) in [6, 6.07) is 6.31. The number of nitro groups is 1. The molecule has 0 spiro atoms. The summed E-state index contributed by atoms with van der Waals surface area (Å²) >= 11 is 0. The molecule has 1 aromatic carbocycles. The van der Waals surface area contributed by atoms with Crippen LogP contribution < -0.4 is 0 Å². The van der Waals surface area contributed by atoms with E-state index in [1.807, 2.05) is 6.92 Å². The van der Waals surface area contributed by atoms with Crippen molar-refractivity contribution in [3.05, 3.63) is 45.0 Å². The monoisotopic (exact) mass is 274 g/mol. The van der Waals surface area contributed by atoms with Crippen LogP contribution in [0.4, 0.5) is 5.69 Å². The van der Waals surface area contributed by atoms with E-state index in [1.54, 1.807) is 25.1 Å². The number of nitro benzene ring substituents is 1. The van der Waals surface area contributed by atoms with E-state index in [9.17, 15) is 14.9 Å². The number of hydrogen-bond acceptors (Lipinski definition) is 5. The third kappa shape index (κ3) is 3.65. The van der Waals surface area contributed by atoms with Gasteiger partial charge < -0.3 is 4.74 Å². The molecule has 0 heterocycles. The van der Waals surface area contributed by atoms with E-state index < -0.39 is 10.9 Å². The van der Waals surface area contributed by atoms with E-state index in [1.165, 1.54) is 12.1 Å². The lowest BCUT2D eigenvalue weighted by Gasteiger charge is -2.02. The quantitative estimate of drug-likeness (QED) is 0.270. The Balaban J connectivity index is 3.20. The van der Waals surface area contributed by atoms with Crippen LogP contribution in [-0.2, 0) is 16.0 Å². The molecule has 0 saturated heterocycles. The highest BCUT2D eigenvalue weighted by Gasteiger charge is 2.14. The largest absolute Gasteiger partial charge is 0.462 e. The number of esters is 1. The molecule has 0 N–H and O–H groups in total. The van der Waals surface area contributed by atoms with Crippen molar-refractivity contribution < 1.29 is 14.5 Å². The Hall–Kier alpha value is -2.68. The Morgan fingerprint density at radius 2 is 2.20 bits per heavy atom. The van der Waals surface area contributed by atoms with E-state index in [2.05, 4.69) is 0 Å². The number of ether oxygens (including phenoxy) is 1. The van der Waals surface area contributed by atoms with E-state index in [0.29, 0.717) is 17.5 Å². The molecule has 0 bridgehead atoms. The van der Waals surface area contributed by atoms with Gasteiger partial charge in [-0.1, -0.05) is 19.1 Å². The minimum Gasteiger partial charge on any atom is -0.462 e. The Bertz CT molecular complexity index is 600. The fraction of sp³-hybridized carbons (Fsp3) is 0.286. The van der Waals surface area contributed by atoms with E-state index in [0.717, 1.165) is 0 Å². The minimum absolute atomic E-state index is 0.0256. The van der Waals surface area contributed by atoms with Gasteiger partial charge in [0.25, 0.3) is 5.69 Å². The van der Waals surface area contributed by atoms with E-state index >= 15 is 0 Å². The summed E-state index contributed by atoms with van der Waals surface area (Å²) in [6.45, 7) is 3.61. The molecular weight excluding hydrogens is 260 g/mol. The van der Waals surface area contributed by atoms with Crippen molar-refractivity contribution in [1.82, 2.24) is 0 Å². The highest BCUT2D eigenvalue weighted by molar-refractivity contribution is 5.97. The summed E-state index contributed by atoms with van der Waals surface area (Å²) < 4.78 is 4.73. The maximum absolute atomic E-state index is 11.5. The van der Waals surface area contributed by atoms with Crippen molar-refractivity contribution in [3.8, 4) is 6.07 Å². The second kappa shape index (κ2) is 7.04. The van der Waals surface area contributed by atoms with Crippen LogP contribution in [0.25, 0.3) is 6.08 Å². The number of aryl methyl sites for hydroxylation is 1. The zero-order valence-electron chi connectivity index (χ0n) is 11.3. The lowest BCUT2D eigenvalue weighted by molar-refractivity contribution is -0.385. The molecule has 1 rings (SSSR count). The summed E-state index contributed by atoms with van der Waals surface area (Å²) in [6.07, 6.45) is 1.81. The molecule has 6 nitrogen and oxygen atoms in total. The van der Waals surface area contributed by atoms with Crippen molar-refractivity contribution in [1.29, 1.82) is 5.26 Å². The number of nitriles is 1. The molecule has 6 heteroatoms. The van der Waals surface area contributed by atoms with Crippen molar-refractivity contribution in [2.24, 2.45) is 0 Å². The van der Waals surface area contributed by atoms with Crippen molar-refractivity contribution in [2.45, 2.75) is 20.3 Å². The summed E-state index contributed by atoms with van der Waals surface area (Å²) in [5.74, 6) is -0.739. The van der Waals surface area contributed by atoms with Crippen LogP contribution in [0.2, 0.25) is 0 Å². The average Bonchev–Trinajstić information content (AvgIpc) is 2.44. The molecule has 0 aliphatic rings. The van der Waals surface area contributed by atoms with Crippen LogP contribution in [0.15, 0.2) is 23.8 Å². The van der Waals surface area contributed by atoms with Crippen LogP contribution in [0.3, 0.4) is 0 Å². The molecular formula is C14H14N2O4. The van der Waals surface area contributed by atoms with Crippen LogP contribution in [0.5, 0.6) is 0 Å². The normalized spacial score (nSPS) is 10.8. The molecule has 0 aliphatic heterocycles. The van der Waals surface area contributed by atoms with Gasteiger partial charge in [0, 0.05) is 11.6 Å². The number of rotatable bonds is 5. The van der Waals surface area contributed by atoms with Gasteiger partial charge in [-0.3, -0.25) is 10.1 Å². The van der Waals surface area contributed by atoms with Gasteiger partial charge in [0.15, 0.2) is 0 Å². The first kappa shape index (κ1) is 15.4. The third-order valence-corrected chi connectivity index (χ3v) is 2.61. The van der Waals surface area contributed by atoms with Gasteiger partial charge in [-0.05, 0) is 25.0 Å². The van der Waals surface area contributed by atoms with Crippen LogP contribution in [0.1, 0.15) is 25.0 Å². The first-order chi connectivity index (χ1) is 9.53. The number of hydrogen-bond donors (Lipinski definition) is 0. The fourth-order valence-electron chi connectivity index (χ4n) is 1.65. The Morgan fingerprint density at radius 1 is 1.50 bits per heavy atom. The zero-order chi connectivity index (χ0) is 15.1. The van der Waals surface area contributed by atoms with Gasteiger partial charge in [0.2, 0.25) is 0 Å². The number of carbonyl (C=O) groups is 1. The first-order valence-corrected chi connectivity index (χ1v) is 6.09. The average molecular weight is 274 g/mol. The fourth-order valence-corrected chi connectivity index (χ4v) is 1.65. The van der Waals surface area contributed by atoms with Crippen molar-refractivity contribution >= 4 is 17.7 Å². The van der Waals surface area contributed by atoms with Crippen molar-refractivity contribution in [3.63, 3.8) is 0 Å². The van der Waals surface area contributed by atoms with Gasteiger partial charge in [-0.2, -0.15) is 5.26 Å². The molecule has 0 fully saturated rings.